The van der Waals surface area contributed by atoms with Gasteiger partial charge in [-0.15, -0.1) is 4.83 Å². The van der Waals surface area contributed by atoms with Crippen LogP contribution in [0, 0.1) is 6.92 Å². The van der Waals surface area contributed by atoms with Crippen molar-refractivity contribution < 1.29 is 13.2 Å². The zero-order valence-electron chi connectivity index (χ0n) is 12.5. The molecule has 0 saturated carbocycles. The van der Waals surface area contributed by atoms with Crippen LogP contribution < -0.4 is 10.1 Å². The van der Waals surface area contributed by atoms with Crippen LogP contribution in [-0.2, 0) is 21.3 Å². The zero-order chi connectivity index (χ0) is 15.3. The van der Waals surface area contributed by atoms with Crippen LogP contribution in [0.25, 0.3) is 0 Å². The molecule has 0 radical (unpaired) electrons. The summed E-state index contributed by atoms with van der Waals surface area (Å²) < 4.78 is 30.3. The quantitative estimate of drug-likeness (QED) is 0.600. The number of nitrogens with one attached hydrogen (secondary N) is 3. The van der Waals surface area contributed by atoms with Crippen molar-refractivity contribution in [1.82, 2.24) is 25.4 Å². The Bertz CT molecular complexity index is 551. The first-order valence-electron chi connectivity index (χ1n) is 7.14. The van der Waals surface area contributed by atoms with Crippen molar-refractivity contribution >= 4 is 10.0 Å². The maximum Gasteiger partial charge on any atom is 0.257 e. The number of sulfonamides is 1. The average Bonchev–Trinajstić information content (AvgIpc) is 2.82. The van der Waals surface area contributed by atoms with E-state index in [0.29, 0.717) is 44.2 Å². The summed E-state index contributed by atoms with van der Waals surface area (Å²) in [5.41, 5.74) is 1.06. The first-order chi connectivity index (χ1) is 10.0. The third kappa shape index (κ3) is 4.24. The molecule has 0 bridgehead atoms. The van der Waals surface area contributed by atoms with Crippen LogP contribution in [0.2, 0.25) is 0 Å². The predicted molar refractivity (Wildman–Crippen MR) is 78.0 cm³/mol. The van der Waals surface area contributed by atoms with Gasteiger partial charge in [0.15, 0.2) is 0 Å². The fourth-order valence-electron chi connectivity index (χ4n) is 2.20. The van der Waals surface area contributed by atoms with Gasteiger partial charge in [-0.1, -0.05) is 6.92 Å². The summed E-state index contributed by atoms with van der Waals surface area (Å²) in [6.45, 7) is 7.15. The highest BCUT2D eigenvalue weighted by molar-refractivity contribution is 7.89. The Morgan fingerprint density at radius 3 is 2.76 bits per heavy atom. The van der Waals surface area contributed by atoms with E-state index < -0.39 is 10.0 Å². The Morgan fingerprint density at radius 2 is 2.10 bits per heavy atom. The van der Waals surface area contributed by atoms with Gasteiger partial charge >= 0.3 is 0 Å². The van der Waals surface area contributed by atoms with Crippen molar-refractivity contribution in [3.05, 3.63) is 11.4 Å². The molecule has 1 aromatic rings. The Hall–Kier alpha value is -1.00. The van der Waals surface area contributed by atoms with Gasteiger partial charge < -0.3 is 10.1 Å². The number of hydrazine groups is 1. The lowest BCUT2D eigenvalue weighted by atomic mass is 10.3. The molecule has 0 amide bonds. The van der Waals surface area contributed by atoms with E-state index in [2.05, 4.69) is 27.3 Å². The first-order valence-corrected chi connectivity index (χ1v) is 8.62. The fraction of sp³-hybridized carbons (Fsp3) is 0.750. The van der Waals surface area contributed by atoms with Gasteiger partial charge in [0.25, 0.3) is 10.0 Å². The molecule has 21 heavy (non-hydrogen) atoms. The van der Waals surface area contributed by atoms with E-state index >= 15 is 0 Å². The predicted octanol–water partition coefficient (Wildman–Crippen LogP) is -0.257. The topological polar surface area (TPSA) is 99.3 Å². The number of ether oxygens (including phenoxy) is 1. The maximum absolute atomic E-state index is 12.6. The number of morpholine rings is 1. The van der Waals surface area contributed by atoms with Gasteiger partial charge in [-0.25, -0.2) is 13.4 Å². The van der Waals surface area contributed by atoms with Gasteiger partial charge in [0.05, 0.1) is 24.6 Å². The second kappa shape index (κ2) is 7.32. The molecule has 9 heteroatoms. The van der Waals surface area contributed by atoms with E-state index in [1.807, 2.05) is 0 Å². The van der Waals surface area contributed by atoms with Crippen molar-refractivity contribution in [3.8, 4) is 0 Å². The summed E-state index contributed by atoms with van der Waals surface area (Å²) in [7, 11) is -3.63. The number of nitrogens with zero attached hydrogens (tertiary/aromatic N) is 2. The van der Waals surface area contributed by atoms with E-state index in [1.165, 1.54) is 0 Å². The van der Waals surface area contributed by atoms with Crippen molar-refractivity contribution in [3.63, 3.8) is 0 Å². The molecule has 8 nitrogen and oxygen atoms in total. The summed E-state index contributed by atoms with van der Waals surface area (Å²) >= 11 is 0. The molecule has 1 saturated heterocycles. The summed E-state index contributed by atoms with van der Waals surface area (Å²) in [5.74, 6) is 0. The zero-order valence-corrected chi connectivity index (χ0v) is 13.3. The number of aryl methyl sites for hydroxylation is 1. The Balaban J connectivity index is 2.12. The minimum atomic E-state index is -3.63. The largest absolute Gasteiger partial charge is 0.379 e. The molecule has 120 valence electrons. The normalized spacial score (nSPS) is 17.2. The second-order valence-electron chi connectivity index (χ2n) is 5.00. The molecule has 1 aliphatic heterocycles. The third-order valence-electron chi connectivity index (χ3n) is 3.21. The molecule has 0 unspecified atom stereocenters. The number of rotatable bonds is 7. The lowest BCUT2D eigenvalue weighted by Crippen LogP contribution is -2.48. The van der Waals surface area contributed by atoms with Gasteiger partial charge in [-0.05, 0) is 19.9 Å². The van der Waals surface area contributed by atoms with Gasteiger partial charge in [0.1, 0.15) is 4.90 Å². The molecule has 2 heterocycles. The SMILES string of the molecule is CCCNCc1n[nH]c(C)c1S(=O)(=O)NN1CCOCC1. The molecule has 0 aromatic carbocycles. The van der Waals surface area contributed by atoms with Crippen LogP contribution in [0.15, 0.2) is 4.90 Å². The van der Waals surface area contributed by atoms with Crippen LogP contribution in [0.5, 0.6) is 0 Å². The number of aromatic amines is 1. The molecule has 1 aromatic heterocycles. The highest BCUT2D eigenvalue weighted by Gasteiger charge is 2.26. The average molecular weight is 317 g/mol. The third-order valence-corrected chi connectivity index (χ3v) is 4.79. The molecule has 1 fully saturated rings. The number of H-pyrrole nitrogens is 1. The highest BCUT2D eigenvalue weighted by atomic mass is 32.2. The lowest BCUT2D eigenvalue weighted by molar-refractivity contribution is 0.0272. The minimum Gasteiger partial charge on any atom is -0.379 e. The van der Waals surface area contributed by atoms with Gasteiger partial charge in [-0.3, -0.25) is 5.10 Å². The monoisotopic (exact) mass is 317 g/mol. The van der Waals surface area contributed by atoms with Gasteiger partial charge in [0.2, 0.25) is 0 Å². The number of aromatic nitrogens is 2. The van der Waals surface area contributed by atoms with E-state index in [9.17, 15) is 8.42 Å². The smallest absolute Gasteiger partial charge is 0.257 e. The van der Waals surface area contributed by atoms with E-state index in [-0.39, 0.29) is 4.90 Å². The maximum atomic E-state index is 12.6. The van der Waals surface area contributed by atoms with Crippen molar-refractivity contribution in [1.29, 1.82) is 0 Å². The Kier molecular flexibility index (Phi) is 5.71. The second-order valence-corrected chi connectivity index (χ2v) is 6.59. The molecule has 2 rings (SSSR count). The van der Waals surface area contributed by atoms with Crippen LogP contribution in [0.3, 0.4) is 0 Å². The molecule has 0 atom stereocenters. The lowest BCUT2D eigenvalue weighted by Gasteiger charge is -2.26. The van der Waals surface area contributed by atoms with Crippen LogP contribution in [0.4, 0.5) is 0 Å². The fourth-order valence-corrected chi connectivity index (χ4v) is 3.69. The molecule has 0 aliphatic carbocycles. The Labute approximate surface area is 125 Å². The van der Waals surface area contributed by atoms with Crippen molar-refractivity contribution in [2.75, 3.05) is 32.8 Å². The standard InChI is InChI=1S/C12H23N5O3S/c1-3-4-13-9-11-12(10(2)14-15-11)21(18,19)16-17-5-7-20-8-6-17/h13,16H,3-9H2,1-2H3,(H,14,15). The number of hydrogen-bond donors (Lipinski definition) is 3. The van der Waals surface area contributed by atoms with Crippen molar-refractivity contribution in [2.45, 2.75) is 31.7 Å². The molecular weight excluding hydrogens is 294 g/mol. The van der Waals surface area contributed by atoms with E-state index in [0.717, 1.165) is 13.0 Å². The van der Waals surface area contributed by atoms with Crippen LogP contribution in [-0.4, -0.2) is 56.5 Å². The molecular formula is C12H23N5O3S. The van der Waals surface area contributed by atoms with Crippen LogP contribution >= 0.6 is 0 Å². The molecule has 1 aliphatic rings. The molecule has 3 N–H and O–H groups in total. The first kappa shape index (κ1) is 16.4. The van der Waals surface area contributed by atoms with E-state index in [4.69, 9.17) is 4.74 Å². The minimum absolute atomic E-state index is 0.234. The van der Waals surface area contributed by atoms with Crippen molar-refractivity contribution in [2.24, 2.45) is 0 Å². The number of hydrogen-bond acceptors (Lipinski definition) is 6. The summed E-state index contributed by atoms with van der Waals surface area (Å²) in [4.78, 5) is 2.84. The summed E-state index contributed by atoms with van der Waals surface area (Å²) in [6, 6.07) is 0. The van der Waals surface area contributed by atoms with Gasteiger partial charge in [-0.2, -0.15) is 5.10 Å². The molecule has 0 spiro atoms. The van der Waals surface area contributed by atoms with Gasteiger partial charge in [0, 0.05) is 19.6 Å². The summed E-state index contributed by atoms with van der Waals surface area (Å²) in [5, 5.41) is 11.7. The Morgan fingerprint density at radius 1 is 1.38 bits per heavy atom. The summed E-state index contributed by atoms with van der Waals surface area (Å²) in [6.07, 6.45) is 0.984. The highest BCUT2D eigenvalue weighted by Crippen LogP contribution is 2.18. The van der Waals surface area contributed by atoms with E-state index in [1.54, 1.807) is 11.9 Å². The van der Waals surface area contributed by atoms with Crippen LogP contribution in [0.1, 0.15) is 24.7 Å².